The van der Waals surface area contributed by atoms with Gasteiger partial charge in [0.15, 0.2) is 0 Å². The molecular weight excluding hydrogens is 514 g/mol. The van der Waals surface area contributed by atoms with Gasteiger partial charge in [0.2, 0.25) is 5.95 Å². The molecule has 0 spiro atoms. The molecule has 1 fully saturated rings. The van der Waals surface area contributed by atoms with Crippen molar-refractivity contribution in [3.8, 4) is 17.0 Å². The van der Waals surface area contributed by atoms with Gasteiger partial charge >= 0.3 is 6.61 Å². The molecule has 9 nitrogen and oxygen atoms in total. The molecular formula is C26H22F2N6O3S. The summed E-state index contributed by atoms with van der Waals surface area (Å²) in [6.07, 6.45) is 2.09. The predicted octanol–water partition coefficient (Wildman–Crippen LogP) is 3.44. The standard InChI is InChI=1S/C26H22F2N6O3S/c27-25(28)37-20-6-5-14-21(22(20)16-7-8-29-26(32-16)33-9-11-38(36)12-10-33)19-13-17(31-24(14)35)23-30-15-3-1-2-4-18(15)34(19)23/h1-8,17,19,25H,9-13H2,(H,31,35)/t17-,19-/m1/s1. The number of para-hydroxylation sites is 2. The molecule has 2 aromatic carbocycles. The summed E-state index contributed by atoms with van der Waals surface area (Å²) in [5.74, 6) is 1.79. The number of rotatable bonds is 4. The summed E-state index contributed by atoms with van der Waals surface area (Å²) in [6.45, 7) is -2.01. The topological polar surface area (TPSA) is 102 Å². The van der Waals surface area contributed by atoms with Crippen LogP contribution < -0.4 is 15.0 Å². The van der Waals surface area contributed by atoms with Crippen molar-refractivity contribution in [2.24, 2.45) is 0 Å². The lowest BCUT2D eigenvalue weighted by Crippen LogP contribution is -2.38. The van der Waals surface area contributed by atoms with Crippen LogP contribution in [0.5, 0.6) is 5.75 Å². The van der Waals surface area contributed by atoms with E-state index in [9.17, 15) is 17.8 Å². The second-order valence-corrected chi connectivity index (χ2v) is 11.2. The molecule has 12 heteroatoms. The molecule has 0 saturated carbocycles. The average molecular weight is 537 g/mol. The van der Waals surface area contributed by atoms with Crippen LogP contribution in [0, 0.1) is 0 Å². The molecule has 2 bridgehead atoms. The fraction of sp³-hybridized carbons (Fsp3) is 0.308. The van der Waals surface area contributed by atoms with E-state index in [-0.39, 0.29) is 23.7 Å². The number of ether oxygens (including phenoxy) is 1. The number of hydrogen-bond donors (Lipinski definition) is 1. The molecule has 38 heavy (non-hydrogen) atoms. The van der Waals surface area contributed by atoms with Gasteiger partial charge in [-0.25, -0.2) is 15.0 Å². The highest BCUT2D eigenvalue weighted by Crippen LogP contribution is 2.49. The van der Waals surface area contributed by atoms with Gasteiger partial charge < -0.3 is 19.5 Å². The average Bonchev–Trinajstić information content (AvgIpc) is 3.41. The third-order valence-electron chi connectivity index (χ3n) is 7.37. The number of imidazole rings is 1. The zero-order valence-corrected chi connectivity index (χ0v) is 20.8. The summed E-state index contributed by atoms with van der Waals surface area (Å²) in [7, 11) is -0.878. The zero-order valence-electron chi connectivity index (χ0n) is 20.0. The van der Waals surface area contributed by atoms with Gasteiger partial charge in [-0.3, -0.25) is 9.00 Å². The van der Waals surface area contributed by atoms with Gasteiger partial charge in [0.1, 0.15) is 11.6 Å². The van der Waals surface area contributed by atoms with Crippen LogP contribution in [0.4, 0.5) is 14.7 Å². The van der Waals surface area contributed by atoms with Crippen molar-refractivity contribution >= 4 is 33.7 Å². The molecule has 2 aromatic heterocycles. The van der Waals surface area contributed by atoms with E-state index >= 15 is 0 Å². The Labute approximate surface area is 218 Å². The van der Waals surface area contributed by atoms with Gasteiger partial charge in [-0.15, -0.1) is 0 Å². The van der Waals surface area contributed by atoms with E-state index in [0.29, 0.717) is 59.3 Å². The van der Waals surface area contributed by atoms with E-state index in [0.717, 1.165) is 16.9 Å². The molecule has 0 aliphatic carbocycles. The predicted molar refractivity (Wildman–Crippen MR) is 137 cm³/mol. The van der Waals surface area contributed by atoms with Gasteiger partial charge in [0.05, 0.1) is 28.8 Å². The third kappa shape index (κ3) is 3.65. The summed E-state index contributed by atoms with van der Waals surface area (Å²) >= 11 is 0. The Balaban J connectivity index is 1.45. The molecule has 194 valence electrons. The molecule has 1 N–H and O–H groups in total. The van der Waals surface area contributed by atoms with Crippen molar-refractivity contribution in [3.05, 3.63) is 65.6 Å². The van der Waals surface area contributed by atoms with Crippen molar-refractivity contribution < 1.29 is 22.5 Å². The van der Waals surface area contributed by atoms with E-state index in [4.69, 9.17) is 14.7 Å². The monoisotopic (exact) mass is 536 g/mol. The van der Waals surface area contributed by atoms with Crippen molar-refractivity contribution in [2.75, 3.05) is 29.5 Å². The maximum atomic E-state index is 13.6. The number of carbonyl (C=O) groups is 1. The summed E-state index contributed by atoms with van der Waals surface area (Å²) in [6, 6.07) is 11.6. The van der Waals surface area contributed by atoms with Crippen LogP contribution in [0.2, 0.25) is 0 Å². The fourth-order valence-corrected chi connectivity index (χ4v) is 6.81. The van der Waals surface area contributed by atoms with Crippen LogP contribution in [0.3, 0.4) is 0 Å². The van der Waals surface area contributed by atoms with Crippen LogP contribution in [0.1, 0.15) is 40.3 Å². The van der Waals surface area contributed by atoms with Gasteiger partial charge in [-0.1, -0.05) is 12.1 Å². The number of benzene rings is 2. The zero-order chi connectivity index (χ0) is 26.0. The van der Waals surface area contributed by atoms with Crippen LogP contribution >= 0.6 is 0 Å². The lowest BCUT2D eigenvalue weighted by molar-refractivity contribution is -0.0495. The minimum absolute atomic E-state index is 0.0627. The van der Waals surface area contributed by atoms with Crippen LogP contribution in [0.15, 0.2) is 48.7 Å². The number of nitrogens with zero attached hydrogens (tertiary/aromatic N) is 5. The maximum absolute atomic E-state index is 13.6. The molecule has 5 heterocycles. The summed E-state index contributed by atoms with van der Waals surface area (Å²) in [5.41, 5.74) is 3.34. The van der Waals surface area contributed by atoms with Gasteiger partial charge in [-0.2, -0.15) is 8.78 Å². The first kappa shape index (κ1) is 23.2. The number of carbonyl (C=O) groups excluding carboxylic acids is 1. The van der Waals surface area contributed by atoms with Crippen molar-refractivity contribution in [2.45, 2.75) is 25.1 Å². The first-order chi connectivity index (χ1) is 18.5. The normalized spacial score (nSPS) is 20.8. The van der Waals surface area contributed by atoms with E-state index in [1.54, 1.807) is 12.3 Å². The Morgan fingerprint density at radius 3 is 2.71 bits per heavy atom. The van der Waals surface area contributed by atoms with Crippen molar-refractivity contribution in [3.63, 3.8) is 0 Å². The largest absolute Gasteiger partial charge is 0.434 e. The smallest absolute Gasteiger partial charge is 0.387 e. The second-order valence-electron chi connectivity index (χ2n) is 9.46. The number of amides is 1. The van der Waals surface area contributed by atoms with Gasteiger partial charge in [0, 0.05) is 58.3 Å². The Hall–Kier alpha value is -3.93. The second kappa shape index (κ2) is 8.83. The van der Waals surface area contributed by atoms with Crippen molar-refractivity contribution in [1.29, 1.82) is 0 Å². The molecule has 3 aliphatic heterocycles. The first-order valence-corrected chi connectivity index (χ1v) is 13.8. The number of nitrogens with one attached hydrogen (secondary N) is 1. The molecule has 2 atom stereocenters. The highest BCUT2D eigenvalue weighted by Gasteiger charge is 2.42. The fourth-order valence-electron chi connectivity index (χ4n) is 5.76. The first-order valence-electron chi connectivity index (χ1n) is 12.3. The van der Waals surface area contributed by atoms with Crippen LogP contribution in [0.25, 0.3) is 22.3 Å². The molecule has 1 saturated heterocycles. The maximum Gasteiger partial charge on any atom is 0.387 e. The lowest BCUT2D eigenvalue weighted by Gasteiger charge is -2.27. The Morgan fingerprint density at radius 2 is 1.89 bits per heavy atom. The van der Waals surface area contributed by atoms with Crippen molar-refractivity contribution in [1.82, 2.24) is 24.8 Å². The Bertz CT molecular complexity index is 1620. The summed E-state index contributed by atoms with van der Waals surface area (Å²) < 4.78 is 46.2. The quantitative estimate of drug-likeness (QED) is 0.426. The lowest BCUT2D eigenvalue weighted by atomic mass is 9.91. The van der Waals surface area contributed by atoms with E-state index in [1.165, 1.54) is 12.1 Å². The molecule has 7 rings (SSSR count). The van der Waals surface area contributed by atoms with Gasteiger partial charge in [0.25, 0.3) is 5.91 Å². The molecule has 3 aliphatic rings. The third-order valence-corrected chi connectivity index (χ3v) is 8.65. The number of alkyl halides is 2. The summed E-state index contributed by atoms with van der Waals surface area (Å²) in [4.78, 5) is 29.2. The minimum Gasteiger partial charge on any atom is -0.434 e. The van der Waals surface area contributed by atoms with Crippen LogP contribution in [-0.4, -0.2) is 60.8 Å². The molecule has 4 aromatic rings. The number of fused-ring (bicyclic) bond motifs is 9. The van der Waals surface area contributed by atoms with E-state index in [1.807, 2.05) is 29.2 Å². The Morgan fingerprint density at radius 1 is 1.08 bits per heavy atom. The SMILES string of the molecule is O=C1N[C@@H]2C[C@H](c3c1ccc(OC(F)F)c3-c1ccnc(N3CCS(=O)CC3)n1)n1c2nc2ccccc21. The number of halogens is 2. The minimum atomic E-state index is -3.06. The number of hydrogen-bond acceptors (Lipinski definition) is 7. The number of aromatic nitrogens is 4. The Kier molecular flexibility index (Phi) is 5.39. The number of anilines is 1. The summed E-state index contributed by atoms with van der Waals surface area (Å²) in [5, 5.41) is 3.07. The molecule has 0 unspecified atom stereocenters. The highest BCUT2D eigenvalue weighted by atomic mass is 32.2. The van der Waals surface area contributed by atoms with E-state index in [2.05, 4.69) is 14.9 Å². The molecule has 0 radical (unpaired) electrons. The van der Waals surface area contributed by atoms with Crippen LogP contribution in [-0.2, 0) is 10.8 Å². The molecule has 1 amide bonds. The highest BCUT2D eigenvalue weighted by molar-refractivity contribution is 7.85. The van der Waals surface area contributed by atoms with E-state index < -0.39 is 17.4 Å². The van der Waals surface area contributed by atoms with Gasteiger partial charge in [-0.05, 0) is 36.8 Å².